The van der Waals surface area contributed by atoms with Crippen molar-refractivity contribution in [3.8, 4) is 0 Å². The van der Waals surface area contributed by atoms with Crippen LogP contribution >= 0.6 is 15.9 Å². The first kappa shape index (κ1) is 13.7. The van der Waals surface area contributed by atoms with E-state index in [4.69, 9.17) is 0 Å². The van der Waals surface area contributed by atoms with E-state index in [1.807, 2.05) is 25.1 Å². The van der Waals surface area contributed by atoms with Crippen LogP contribution in [-0.2, 0) is 0 Å². The highest BCUT2D eigenvalue weighted by Crippen LogP contribution is 2.24. The van der Waals surface area contributed by atoms with Crippen molar-refractivity contribution in [2.75, 3.05) is 0 Å². The number of hydrogen-bond acceptors (Lipinski definition) is 2. The van der Waals surface area contributed by atoms with Gasteiger partial charge in [-0.1, -0.05) is 41.9 Å². The minimum absolute atomic E-state index is 0.244. The molecule has 0 aromatic heterocycles. The highest BCUT2D eigenvalue weighted by atomic mass is 79.9. The molecular formula is C13H19BrO2. The summed E-state index contributed by atoms with van der Waals surface area (Å²) in [6.45, 7) is 3.94. The number of aliphatic hydroxyl groups excluding tert-OH is 2. The molecule has 1 aromatic carbocycles. The molecule has 2 N–H and O–H groups in total. The first-order valence-corrected chi connectivity index (χ1v) is 6.45. The van der Waals surface area contributed by atoms with E-state index in [1.165, 1.54) is 5.56 Å². The van der Waals surface area contributed by atoms with Crippen LogP contribution in [0.1, 0.15) is 38.2 Å². The molecule has 0 saturated heterocycles. The summed E-state index contributed by atoms with van der Waals surface area (Å²) in [4.78, 5) is 0. The highest BCUT2D eigenvalue weighted by molar-refractivity contribution is 9.10. The topological polar surface area (TPSA) is 40.5 Å². The summed E-state index contributed by atoms with van der Waals surface area (Å²) in [5.41, 5.74) is 1.18. The van der Waals surface area contributed by atoms with Gasteiger partial charge in [0.25, 0.3) is 0 Å². The number of halogens is 1. The summed E-state index contributed by atoms with van der Waals surface area (Å²) in [6, 6.07) is 8.06. The third-order valence-electron chi connectivity index (χ3n) is 2.88. The summed E-state index contributed by atoms with van der Waals surface area (Å²) in [5, 5.41) is 19.3. The van der Waals surface area contributed by atoms with Gasteiger partial charge in [0, 0.05) is 4.47 Å². The molecule has 90 valence electrons. The van der Waals surface area contributed by atoms with Crippen molar-refractivity contribution in [3.63, 3.8) is 0 Å². The lowest BCUT2D eigenvalue weighted by Crippen LogP contribution is -2.26. The SMILES string of the molecule is CCC(O)C(O)CC(C)c1cccc(Br)c1. The highest BCUT2D eigenvalue weighted by Gasteiger charge is 2.18. The average molecular weight is 287 g/mol. The lowest BCUT2D eigenvalue weighted by atomic mass is 9.92. The lowest BCUT2D eigenvalue weighted by molar-refractivity contribution is 0.00953. The second-order valence-electron chi connectivity index (χ2n) is 4.23. The van der Waals surface area contributed by atoms with Gasteiger partial charge in [0.15, 0.2) is 0 Å². The van der Waals surface area contributed by atoms with E-state index in [-0.39, 0.29) is 5.92 Å². The van der Waals surface area contributed by atoms with Gasteiger partial charge in [0.2, 0.25) is 0 Å². The van der Waals surface area contributed by atoms with Crippen molar-refractivity contribution in [2.24, 2.45) is 0 Å². The fourth-order valence-corrected chi connectivity index (χ4v) is 2.16. The minimum atomic E-state index is -0.640. The molecule has 0 amide bonds. The zero-order valence-electron chi connectivity index (χ0n) is 9.73. The Balaban J connectivity index is 2.61. The summed E-state index contributed by atoms with van der Waals surface area (Å²) in [5.74, 6) is 0.244. The van der Waals surface area contributed by atoms with Gasteiger partial charge in [-0.3, -0.25) is 0 Å². The normalized spacial score (nSPS) is 16.8. The van der Waals surface area contributed by atoms with Crippen LogP contribution < -0.4 is 0 Å². The summed E-state index contributed by atoms with van der Waals surface area (Å²) >= 11 is 3.43. The zero-order valence-corrected chi connectivity index (χ0v) is 11.3. The number of rotatable bonds is 5. The third kappa shape index (κ3) is 3.89. The van der Waals surface area contributed by atoms with Crippen LogP contribution in [0.15, 0.2) is 28.7 Å². The van der Waals surface area contributed by atoms with Crippen molar-refractivity contribution in [1.29, 1.82) is 0 Å². The second-order valence-corrected chi connectivity index (χ2v) is 5.15. The maximum atomic E-state index is 9.76. The molecule has 0 aliphatic rings. The number of benzene rings is 1. The van der Waals surface area contributed by atoms with E-state index in [0.29, 0.717) is 12.8 Å². The largest absolute Gasteiger partial charge is 0.390 e. The second kappa shape index (κ2) is 6.38. The van der Waals surface area contributed by atoms with E-state index in [9.17, 15) is 10.2 Å². The number of aliphatic hydroxyl groups is 2. The summed E-state index contributed by atoms with van der Waals surface area (Å²) in [6.07, 6.45) is -0.0775. The van der Waals surface area contributed by atoms with Gasteiger partial charge in [0.1, 0.15) is 0 Å². The van der Waals surface area contributed by atoms with Crippen LogP contribution in [-0.4, -0.2) is 22.4 Å². The Morgan fingerprint density at radius 3 is 2.50 bits per heavy atom. The van der Waals surface area contributed by atoms with Crippen molar-refractivity contribution in [3.05, 3.63) is 34.3 Å². The maximum Gasteiger partial charge on any atom is 0.0804 e. The Morgan fingerprint density at radius 1 is 1.25 bits per heavy atom. The molecule has 2 nitrogen and oxygen atoms in total. The van der Waals surface area contributed by atoms with Gasteiger partial charge in [-0.15, -0.1) is 0 Å². The van der Waals surface area contributed by atoms with Crippen LogP contribution in [0.5, 0.6) is 0 Å². The van der Waals surface area contributed by atoms with Crippen LogP contribution in [0.25, 0.3) is 0 Å². The predicted molar refractivity (Wildman–Crippen MR) is 69.5 cm³/mol. The van der Waals surface area contributed by atoms with E-state index in [1.54, 1.807) is 0 Å². The molecule has 0 fully saturated rings. The smallest absolute Gasteiger partial charge is 0.0804 e. The Bertz CT molecular complexity index is 327. The molecule has 1 aromatic rings. The average Bonchev–Trinajstić information content (AvgIpc) is 2.27. The molecular weight excluding hydrogens is 268 g/mol. The monoisotopic (exact) mass is 286 g/mol. The van der Waals surface area contributed by atoms with Gasteiger partial charge < -0.3 is 10.2 Å². The molecule has 0 radical (unpaired) electrons. The summed E-state index contributed by atoms with van der Waals surface area (Å²) in [7, 11) is 0. The molecule has 3 unspecified atom stereocenters. The number of hydrogen-bond donors (Lipinski definition) is 2. The molecule has 0 spiro atoms. The Labute approximate surface area is 105 Å². The van der Waals surface area contributed by atoms with Gasteiger partial charge in [0.05, 0.1) is 12.2 Å². The van der Waals surface area contributed by atoms with Gasteiger partial charge in [-0.25, -0.2) is 0 Å². The van der Waals surface area contributed by atoms with Crippen LogP contribution in [0.4, 0.5) is 0 Å². The fourth-order valence-electron chi connectivity index (χ4n) is 1.74. The predicted octanol–water partition coefficient (Wildman–Crippen LogP) is 3.07. The van der Waals surface area contributed by atoms with Crippen molar-refractivity contribution >= 4 is 15.9 Å². The molecule has 16 heavy (non-hydrogen) atoms. The molecule has 0 aliphatic heterocycles. The van der Waals surface area contributed by atoms with Crippen molar-refractivity contribution in [2.45, 2.75) is 44.8 Å². The first-order chi connectivity index (χ1) is 7.54. The first-order valence-electron chi connectivity index (χ1n) is 5.66. The maximum absolute atomic E-state index is 9.76. The van der Waals surface area contributed by atoms with E-state index < -0.39 is 12.2 Å². The third-order valence-corrected chi connectivity index (χ3v) is 3.37. The minimum Gasteiger partial charge on any atom is -0.390 e. The molecule has 0 bridgehead atoms. The van der Waals surface area contributed by atoms with Crippen LogP contribution in [0.3, 0.4) is 0 Å². The van der Waals surface area contributed by atoms with Gasteiger partial charge in [-0.05, 0) is 36.5 Å². The van der Waals surface area contributed by atoms with E-state index in [2.05, 4.69) is 28.9 Å². The molecule has 0 aliphatic carbocycles. The van der Waals surface area contributed by atoms with Crippen molar-refractivity contribution < 1.29 is 10.2 Å². The molecule has 0 heterocycles. The fraction of sp³-hybridized carbons (Fsp3) is 0.538. The van der Waals surface area contributed by atoms with E-state index in [0.717, 1.165) is 4.47 Å². The lowest BCUT2D eigenvalue weighted by Gasteiger charge is -2.20. The Hall–Kier alpha value is -0.380. The molecule has 1 rings (SSSR count). The van der Waals surface area contributed by atoms with Crippen LogP contribution in [0.2, 0.25) is 0 Å². The Morgan fingerprint density at radius 2 is 1.94 bits per heavy atom. The summed E-state index contributed by atoms with van der Waals surface area (Å²) < 4.78 is 1.04. The van der Waals surface area contributed by atoms with Crippen LogP contribution in [0, 0.1) is 0 Å². The standard InChI is InChI=1S/C13H19BrO2/c1-3-12(15)13(16)7-9(2)10-5-4-6-11(14)8-10/h4-6,8-9,12-13,15-16H,3,7H2,1-2H3. The molecule has 0 saturated carbocycles. The van der Waals surface area contributed by atoms with Crippen molar-refractivity contribution in [1.82, 2.24) is 0 Å². The zero-order chi connectivity index (χ0) is 12.1. The molecule has 3 heteroatoms. The van der Waals surface area contributed by atoms with Gasteiger partial charge >= 0.3 is 0 Å². The van der Waals surface area contributed by atoms with Gasteiger partial charge in [-0.2, -0.15) is 0 Å². The quantitative estimate of drug-likeness (QED) is 0.873. The Kier molecular flexibility index (Phi) is 5.46. The molecule has 3 atom stereocenters. The van der Waals surface area contributed by atoms with E-state index >= 15 is 0 Å².